The molecule has 0 saturated carbocycles. The van der Waals surface area contributed by atoms with Gasteiger partial charge in [-0.2, -0.15) is 0 Å². The Kier molecular flexibility index (Phi) is 5.56. The van der Waals surface area contributed by atoms with Crippen molar-refractivity contribution in [2.45, 2.75) is 24.3 Å². The summed E-state index contributed by atoms with van der Waals surface area (Å²) in [5.74, 6) is 1.21. The van der Waals surface area contributed by atoms with E-state index in [1.807, 2.05) is 18.2 Å². The Labute approximate surface area is 138 Å². The first-order valence-electron chi connectivity index (χ1n) is 6.82. The second-order valence-electron chi connectivity index (χ2n) is 5.18. The molecule has 0 aliphatic rings. The molecule has 2 aromatic rings. The van der Waals surface area contributed by atoms with Crippen molar-refractivity contribution >= 4 is 29.3 Å². The minimum absolute atomic E-state index is 0.0852. The molecule has 1 atom stereocenters. The SMILES string of the molecule is Cc1ccc(C(C)(O)CNC(=O)CSc2ccccc2Cl)o1. The summed E-state index contributed by atoms with van der Waals surface area (Å²) < 4.78 is 5.40. The van der Waals surface area contributed by atoms with E-state index in [-0.39, 0.29) is 18.2 Å². The van der Waals surface area contributed by atoms with Gasteiger partial charge in [-0.1, -0.05) is 23.7 Å². The smallest absolute Gasteiger partial charge is 0.230 e. The Balaban J connectivity index is 1.84. The molecule has 0 saturated heterocycles. The molecule has 4 nitrogen and oxygen atoms in total. The summed E-state index contributed by atoms with van der Waals surface area (Å²) in [6.07, 6.45) is 0. The fourth-order valence-electron chi connectivity index (χ4n) is 1.84. The van der Waals surface area contributed by atoms with Crippen LogP contribution in [0.3, 0.4) is 0 Å². The second-order valence-corrected chi connectivity index (χ2v) is 6.60. The lowest BCUT2D eigenvalue weighted by Crippen LogP contribution is -2.39. The number of nitrogens with one attached hydrogen (secondary N) is 1. The van der Waals surface area contributed by atoms with Crippen molar-refractivity contribution in [1.29, 1.82) is 0 Å². The van der Waals surface area contributed by atoms with Gasteiger partial charge >= 0.3 is 0 Å². The maximum Gasteiger partial charge on any atom is 0.230 e. The van der Waals surface area contributed by atoms with Gasteiger partial charge in [0, 0.05) is 4.90 Å². The molecule has 1 amide bonds. The van der Waals surface area contributed by atoms with Crippen molar-refractivity contribution in [3.05, 3.63) is 52.9 Å². The van der Waals surface area contributed by atoms with Crippen LogP contribution < -0.4 is 5.32 Å². The molecule has 2 N–H and O–H groups in total. The Hall–Kier alpha value is -1.43. The van der Waals surface area contributed by atoms with E-state index in [0.717, 1.165) is 10.7 Å². The third-order valence-electron chi connectivity index (χ3n) is 3.10. The number of rotatable bonds is 6. The molecule has 1 aromatic carbocycles. The number of amides is 1. The van der Waals surface area contributed by atoms with E-state index in [1.54, 1.807) is 32.0 Å². The molecule has 0 bridgehead atoms. The highest BCUT2D eigenvalue weighted by atomic mass is 35.5. The number of furan rings is 1. The standard InChI is InChI=1S/C16H18ClNO3S/c1-11-7-8-14(21-11)16(2,20)10-18-15(19)9-22-13-6-4-3-5-12(13)17/h3-8,20H,9-10H2,1-2H3,(H,18,19). The van der Waals surface area contributed by atoms with E-state index < -0.39 is 5.60 Å². The summed E-state index contributed by atoms with van der Waals surface area (Å²) in [5, 5.41) is 13.7. The molecule has 1 aromatic heterocycles. The van der Waals surface area contributed by atoms with Crippen molar-refractivity contribution in [3.8, 4) is 0 Å². The molecule has 0 aliphatic heterocycles. The lowest BCUT2D eigenvalue weighted by molar-refractivity contribution is -0.119. The lowest BCUT2D eigenvalue weighted by Gasteiger charge is -2.21. The molecule has 118 valence electrons. The molecule has 0 spiro atoms. The average molecular weight is 340 g/mol. The summed E-state index contributed by atoms with van der Waals surface area (Å²) in [6.45, 7) is 3.49. The zero-order valence-corrected chi connectivity index (χ0v) is 14.0. The second kappa shape index (κ2) is 7.22. The average Bonchev–Trinajstić information content (AvgIpc) is 2.92. The molecule has 2 rings (SSSR count). The lowest BCUT2D eigenvalue weighted by atomic mass is 10.0. The van der Waals surface area contributed by atoms with E-state index in [9.17, 15) is 9.90 Å². The van der Waals surface area contributed by atoms with Gasteiger partial charge in [0.05, 0.1) is 17.3 Å². The number of benzene rings is 1. The minimum Gasteiger partial charge on any atom is -0.463 e. The van der Waals surface area contributed by atoms with Crippen molar-refractivity contribution < 1.29 is 14.3 Å². The van der Waals surface area contributed by atoms with Gasteiger partial charge in [-0.05, 0) is 38.1 Å². The zero-order valence-electron chi connectivity index (χ0n) is 12.4. The first-order valence-corrected chi connectivity index (χ1v) is 8.18. The Morgan fingerprint density at radius 2 is 2.09 bits per heavy atom. The molecule has 0 aliphatic carbocycles. The summed E-state index contributed by atoms with van der Waals surface area (Å²) >= 11 is 7.39. The summed E-state index contributed by atoms with van der Waals surface area (Å²) in [6, 6.07) is 10.8. The molecule has 22 heavy (non-hydrogen) atoms. The summed E-state index contributed by atoms with van der Waals surface area (Å²) in [4.78, 5) is 12.7. The Morgan fingerprint density at radius 1 is 1.36 bits per heavy atom. The highest BCUT2D eigenvalue weighted by molar-refractivity contribution is 8.00. The van der Waals surface area contributed by atoms with Crippen LogP contribution in [0, 0.1) is 6.92 Å². The van der Waals surface area contributed by atoms with Crippen LogP contribution in [0.5, 0.6) is 0 Å². The predicted molar refractivity (Wildman–Crippen MR) is 88.2 cm³/mol. The van der Waals surface area contributed by atoms with Gasteiger partial charge in [-0.25, -0.2) is 0 Å². The van der Waals surface area contributed by atoms with Gasteiger partial charge in [-0.15, -0.1) is 11.8 Å². The van der Waals surface area contributed by atoms with Crippen LogP contribution in [0.25, 0.3) is 0 Å². The summed E-state index contributed by atoms with van der Waals surface area (Å²) in [7, 11) is 0. The van der Waals surface area contributed by atoms with Crippen molar-refractivity contribution in [1.82, 2.24) is 5.32 Å². The molecule has 1 heterocycles. The zero-order chi connectivity index (χ0) is 16.2. The van der Waals surface area contributed by atoms with E-state index in [4.69, 9.17) is 16.0 Å². The molecule has 6 heteroatoms. The van der Waals surface area contributed by atoms with Crippen molar-refractivity contribution in [3.63, 3.8) is 0 Å². The van der Waals surface area contributed by atoms with Gasteiger partial charge in [0.25, 0.3) is 0 Å². The maximum absolute atomic E-state index is 11.9. The van der Waals surface area contributed by atoms with Crippen molar-refractivity contribution in [2.75, 3.05) is 12.3 Å². The maximum atomic E-state index is 11.9. The summed E-state index contributed by atoms with van der Waals surface area (Å²) in [5.41, 5.74) is -1.24. The van der Waals surface area contributed by atoms with Crippen molar-refractivity contribution in [2.24, 2.45) is 0 Å². The minimum atomic E-state index is -1.24. The predicted octanol–water partition coefficient (Wildman–Crippen LogP) is 3.36. The highest BCUT2D eigenvalue weighted by Gasteiger charge is 2.27. The number of carbonyl (C=O) groups excluding carboxylic acids is 1. The van der Waals surface area contributed by atoms with Gasteiger partial charge in [0.15, 0.2) is 0 Å². The third-order valence-corrected chi connectivity index (χ3v) is 4.61. The number of carbonyl (C=O) groups is 1. The fraction of sp³-hybridized carbons (Fsp3) is 0.312. The molecular weight excluding hydrogens is 322 g/mol. The fourth-order valence-corrected chi connectivity index (χ4v) is 2.91. The number of halogens is 1. The topological polar surface area (TPSA) is 62.5 Å². The van der Waals surface area contributed by atoms with Crippen LogP contribution in [-0.2, 0) is 10.4 Å². The number of aryl methyl sites for hydroxylation is 1. The monoisotopic (exact) mass is 339 g/mol. The largest absolute Gasteiger partial charge is 0.463 e. The Morgan fingerprint density at radius 3 is 2.73 bits per heavy atom. The van der Waals surface area contributed by atoms with E-state index in [1.165, 1.54) is 11.8 Å². The van der Waals surface area contributed by atoms with Gasteiger partial charge in [0.1, 0.15) is 17.1 Å². The first-order chi connectivity index (χ1) is 10.4. The van der Waals surface area contributed by atoms with Crippen LogP contribution in [-0.4, -0.2) is 23.3 Å². The van der Waals surface area contributed by atoms with Crippen LogP contribution in [0.15, 0.2) is 45.7 Å². The van der Waals surface area contributed by atoms with E-state index in [0.29, 0.717) is 10.8 Å². The van der Waals surface area contributed by atoms with Gasteiger partial charge < -0.3 is 14.8 Å². The molecular formula is C16H18ClNO3S. The number of hydrogen-bond donors (Lipinski definition) is 2. The van der Waals surface area contributed by atoms with Crippen LogP contribution >= 0.6 is 23.4 Å². The van der Waals surface area contributed by atoms with Gasteiger partial charge in [-0.3, -0.25) is 4.79 Å². The van der Waals surface area contributed by atoms with E-state index in [2.05, 4.69) is 5.32 Å². The highest BCUT2D eigenvalue weighted by Crippen LogP contribution is 2.26. The third kappa shape index (κ3) is 4.53. The molecule has 1 unspecified atom stereocenters. The van der Waals surface area contributed by atoms with Crippen LogP contribution in [0.1, 0.15) is 18.4 Å². The molecule has 0 fully saturated rings. The van der Waals surface area contributed by atoms with Crippen LogP contribution in [0.2, 0.25) is 5.02 Å². The van der Waals surface area contributed by atoms with Gasteiger partial charge in [0.2, 0.25) is 5.91 Å². The molecule has 0 radical (unpaired) electrons. The number of thioether (sulfide) groups is 1. The van der Waals surface area contributed by atoms with Crippen LogP contribution in [0.4, 0.5) is 0 Å². The number of hydrogen-bond acceptors (Lipinski definition) is 4. The Bertz CT molecular complexity index is 654. The number of aliphatic hydroxyl groups is 1. The van der Waals surface area contributed by atoms with E-state index >= 15 is 0 Å². The quantitative estimate of drug-likeness (QED) is 0.792. The first kappa shape index (κ1) is 16.9. The normalized spacial score (nSPS) is 13.6.